The Morgan fingerprint density at radius 2 is 1.75 bits per heavy atom. The van der Waals surface area contributed by atoms with Gasteiger partial charge in [-0.15, -0.1) is 0 Å². The van der Waals surface area contributed by atoms with Crippen LogP contribution in [0.2, 0.25) is 0 Å². The molecule has 1 aromatic heterocycles. The molecule has 0 spiro atoms. The van der Waals surface area contributed by atoms with Gasteiger partial charge in [0.25, 0.3) is 5.91 Å². The minimum Gasteiger partial charge on any atom is -0.497 e. The van der Waals surface area contributed by atoms with Gasteiger partial charge < -0.3 is 14.8 Å². The predicted octanol–water partition coefficient (Wildman–Crippen LogP) is 4.30. The van der Waals surface area contributed by atoms with E-state index >= 15 is 0 Å². The lowest BCUT2D eigenvalue weighted by Gasteiger charge is -2.11. The first-order valence-corrected chi connectivity index (χ1v) is 8.75. The summed E-state index contributed by atoms with van der Waals surface area (Å²) < 4.78 is 12.5. The second-order valence-electron chi connectivity index (χ2n) is 6.17. The number of rotatable bonds is 5. The highest BCUT2D eigenvalue weighted by Crippen LogP contribution is 2.26. The topological polar surface area (TPSA) is 65.4 Å². The van der Waals surface area contributed by atoms with E-state index in [9.17, 15) is 4.79 Å². The highest BCUT2D eigenvalue weighted by molar-refractivity contribution is 6.06. The lowest BCUT2D eigenvalue weighted by molar-refractivity contribution is 0.102. The van der Waals surface area contributed by atoms with Gasteiger partial charge >= 0.3 is 0 Å². The van der Waals surface area contributed by atoms with Gasteiger partial charge in [-0.05, 0) is 48.5 Å². The number of benzene rings is 3. The lowest BCUT2D eigenvalue weighted by atomic mass is 10.1. The number of ether oxygens (including phenoxy) is 2. The molecule has 0 fully saturated rings. The van der Waals surface area contributed by atoms with E-state index in [0.29, 0.717) is 22.7 Å². The first-order valence-electron chi connectivity index (χ1n) is 8.75. The Morgan fingerprint density at radius 3 is 2.50 bits per heavy atom. The van der Waals surface area contributed by atoms with Gasteiger partial charge in [-0.2, -0.15) is 0 Å². The van der Waals surface area contributed by atoms with E-state index in [4.69, 9.17) is 9.47 Å². The molecule has 0 aliphatic rings. The van der Waals surface area contributed by atoms with Crippen LogP contribution in [0.1, 0.15) is 10.4 Å². The molecule has 0 radical (unpaired) electrons. The summed E-state index contributed by atoms with van der Waals surface area (Å²) in [4.78, 5) is 17.0. The molecular formula is C22H19N3O3. The number of imidazole rings is 1. The van der Waals surface area contributed by atoms with E-state index < -0.39 is 0 Å². The summed E-state index contributed by atoms with van der Waals surface area (Å²) in [6, 6.07) is 20.6. The van der Waals surface area contributed by atoms with E-state index in [1.807, 2.05) is 53.1 Å². The first kappa shape index (κ1) is 17.6. The molecule has 0 atom stereocenters. The summed E-state index contributed by atoms with van der Waals surface area (Å²) in [5.74, 6) is 0.837. The Labute approximate surface area is 162 Å². The molecule has 6 heteroatoms. The molecule has 28 heavy (non-hydrogen) atoms. The van der Waals surface area contributed by atoms with Gasteiger partial charge in [-0.1, -0.05) is 12.1 Å². The van der Waals surface area contributed by atoms with E-state index in [1.54, 1.807) is 31.6 Å². The molecule has 0 bridgehead atoms. The van der Waals surface area contributed by atoms with Crippen LogP contribution in [0.3, 0.4) is 0 Å². The maximum atomic E-state index is 12.6. The largest absolute Gasteiger partial charge is 0.497 e. The number of hydrogen-bond acceptors (Lipinski definition) is 4. The number of fused-ring (bicyclic) bond motifs is 1. The Morgan fingerprint density at radius 1 is 0.964 bits per heavy atom. The average Bonchev–Trinajstić information content (AvgIpc) is 3.18. The van der Waals surface area contributed by atoms with Gasteiger partial charge in [-0.3, -0.25) is 9.36 Å². The Kier molecular flexibility index (Phi) is 4.68. The van der Waals surface area contributed by atoms with Gasteiger partial charge in [0.15, 0.2) is 0 Å². The molecule has 0 saturated carbocycles. The number of amides is 1. The summed E-state index contributed by atoms with van der Waals surface area (Å²) >= 11 is 0. The number of aromatic nitrogens is 2. The van der Waals surface area contributed by atoms with Crippen LogP contribution in [-0.2, 0) is 0 Å². The molecule has 0 aliphatic carbocycles. The Hall–Kier alpha value is -3.80. The highest BCUT2D eigenvalue weighted by Gasteiger charge is 2.14. The van der Waals surface area contributed by atoms with Crippen LogP contribution in [0.4, 0.5) is 5.69 Å². The first-order chi connectivity index (χ1) is 13.7. The average molecular weight is 373 g/mol. The van der Waals surface area contributed by atoms with Crippen molar-refractivity contribution in [3.05, 3.63) is 78.6 Å². The number of nitrogens with zero attached hydrogens (tertiary/aromatic N) is 2. The molecule has 0 aliphatic heterocycles. The van der Waals surface area contributed by atoms with E-state index in [2.05, 4.69) is 10.3 Å². The molecular weight excluding hydrogens is 354 g/mol. The molecule has 3 aromatic carbocycles. The number of anilines is 1. The SMILES string of the molecule is COc1ccc(C(=O)Nc2ccc(-n3cnc4ccccc43)cc2)c(OC)c1. The molecule has 4 aromatic rings. The van der Waals surface area contributed by atoms with Crippen molar-refractivity contribution in [2.75, 3.05) is 19.5 Å². The van der Waals surface area contributed by atoms with E-state index in [1.165, 1.54) is 7.11 Å². The molecule has 1 amide bonds. The summed E-state index contributed by atoms with van der Waals surface area (Å²) in [6.07, 6.45) is 1.79. The predicted molar refractivity (Wildman–Crippen MR) is 109 cm³/mol. The summed E-state index contributed by atoms with van der Waals surface area (Å²) in [5, 5.41) is 2.90. The maximum absolute atomic E-state index is 12.6. The zero-order valence-electron chi connectivity index (χ0n) is 15.5. The molecule has 4 rings (SSSR count). The molecule has 140 valence electrons. The number of para-hydroxylation sites is 2. The van der Waals surface area contributed by atoms with Crippen molar-refractivity contribution in [1.29, 1.82) is 0 Å². The fraction of sp³-hybridized carbons (Fsp3) is 0.0909. The van der Waals surface area contributed by atoms with Crippen molar-refractivity contribution in [3.8, 4) is 17.2 Å². The number of carbonyl (C=O) groups is 1. The molecule has 6 nitrogen and oxygen atoms in total. The van der Waals surface area contributed by atoms with Crippen LogP contribution in [0.5, 0.6) is 11.5 Å². The van der Waals surface area contributed by atoms with Crippen LogP contribution in [-0.4, -0.2) is 29.7 Å². The van der Waals surface area contributed by atoms with Crippen molar-refractivity contribution in [1.82, 2.24) is 9.55 Å². The lowest BCUT2D eigenvalue weighted by Crippen LogP contribution is -2.13. The van der Waals surface area contributed by atoms with Gasteiger partial charge in [0.05, 0.1) is 30.8 Å². The van der Waals surface area contributed by atoms with E-state index in [0.717, 1.165) is 16.7 Å². The fourth-order valence-corrected chi connectivity index (χ4v) is 3.05. The third kappa shape index (κ3) is 3.27. The van der Waals surface area contributed by atoms with Gasteiger partial charge in [0.2, 0.25) is 0 Å². The quantitative estimate of drug-likeness (QED) is 0.567. The Balaban J connectivity index is 1.56. The Bertz CT molecular complexity index is 1130. The summed E-state index contributed by atoms with van der Waals surface area (Å²) in [6.45, 7) is 0. The highest BCUT2D eigenvalue weighted by atomic mass is 16.5. The fourth-order valence-electron chi connectivity index (χ4n) is 3.05. The van der Waals surface area contributed by atoms with Gasteiger partial charge in [0.1, 0.15) is 17.8 Å². The monoisotopic (exact) mass is 373 g/mol. The number of methoxy groups -OCH3 is 2. The normalized spacial score (nSPS) is 10.6. The van der Waals surface area contributed by atoms with E-state index in [-0.39, 0.29) is 5.91 Å². The summed E-state index contributed by atoms with van der Waals surface area (Å²) in [5.41, 5.74) is 4.06. The minimum absolute atomic E-state index is 0.250. The number of nitrogens with one attached hydrogen (secondary N) is 1. The number of carbonyl (C=O) groups excluding carboxylic acids is 1. The van der Waals surface area contributed by atoms with Crippen molar-refractivity contribution >= 4 is 22.6 Å². The van der Waals surface area contributed by atoms with Crippen LogP contribution >= 0.6 is 0 Å². The molecule has 1 heterocycles. The van der Waals surface area contributed by atoms with Crippen molar-refractivity contribution in [2.24, 2.45) is 0 Å². The van der Waals surface area contributed by atoms with Crippen LogP contribution in [0, 0.1) is 0 Å². The standard InChI is InChI=1S/C22H19N3O3/c1-27-17-11-12-18(21(13-17)28-2)22(26)24-15-7-9-16(10-8-15)25-14-23-19-5-3-4-6-20(19)25/h3-14H,1-2H3,(H,24,26). The smallest absolute Gasteiger partial charge is 0.259 e. The zero-order valence-corrected chi connectivity index (χ0v) is 15.5. The second-order valence-corrected chi connectivity index (χ2v) is 6.17. The third-order valence-corrected chi connectivity index (χ3v) is 4.51. The van der Waals surface area contributed by atoms with Crippen LogP contribution in [0.15, 0.2) is 73.1 Å². The van der Waals surface area contributed by atoms with Crippen molar-refractivity contribution in [3.63, 3.8) is 0 Å². The van der Waals surface area contributed by atoms with Crippen LogP contribution in [0.25, 0.3) is 16.7 Å². The van der Waals surface area contributed by atoms with Gasteiger partial charge in [0, 0.05) is 17.4 Å². The number of hydrogen-bond donors (Lipinski definition) is 1. The third-order valence-electron chi connectivity index (χ3n) is 4.51. The summed E-state index contributed by atoms with van der Waals surface area (Å²) in [7, 11) is 3.09. The minimum atomic E-state index is -0.250. The van der Waals surface area contributed by atoms with Crippen molar-refractivity contribution in [2.45, 2.75) is 0 Å². The second kappa shape index (κ2) is 7.44. The van der Waals surface area contributed by atoms with Gasteiger partial charge in [-0.25, -0.2) is 4.98 Å². The zero-order chi connectivity index (χ0) is 19.5. The van der Waals surface area contributed by atoms with Crippen molar-refractivity contribution < 1.29 is 14.3 Å². The molecule has 0 saturated heterocycles. The maximum Gasteiger partial charge on any atom is 0.259 e. The van der Waals surface area contributed by atoms with Crippen LogP contribution < -0.4 is 14.8 Å². The molecule has 1 N–H and O–H groups in total. The molecule has 0 unspecified atom stereocenters.